The van der Waals surface area contributed by atoms with E-state index in [1.54, 1.807) is 0 Å². The fourth-order valence-corrected chi connectivity index (χ4v) is 4.30. The first kappa shape index (κ1) is 22.2. The first-order valence-corrected chi connectivity index (χ1v) is 10.4. The lowest BCUT2D eigenvalue weighted by Crippen LogP contribution is -2.43. The third-order valence-electron chi connectivity index (χ3n) is 5.92. The molecule has 0 saturated carbocycles. The summed E-state index contributed by atoms with van der Waals surface area (Å²) in [6.45, 7) is 0.000885. The maximum Gasteiger partial charge on any atom is 0.321 e. The lowest BCUT2D eigenvalue weighted by molar-refractivity contribution is -0.384. The predicted molar refractivity (Wildman–Crippen MR) is 121 cm³/mol. The summed E-state index contributed by atoms with van der Waals surface area (Å²) in [5.74, 6) is -4.03. The monoisotopic (exact) mass is 446 g/mol. The summed E-state index contributed by atoms with van der Waals surface area (Å²) >= 11 is 0. The summed E-state index contributed by atoms with van der Waals surface area (Å²) in [6, 6.07) is 20.2. The maximum absolute atomic E-state index is 12.8. The average molecular weight is 446 g/mol. The van der Waals surface area contributed by atoms with Gasteiger partial charge in [-0.15, -0.1) is 0 Å². The first-order chi connectivity index (χ1) is 15.9. The molecule has 2 atom stereocenters. The van der Waals surface area contributed by atoms with E-state index < -0.39 is 28.8 Å². The highest BCUT2D eigenvalue weighted by atomic mass is 16.6. The number of non-ortho nitro benzene ring substituents is 1. The van der Waals surface area contributed by atoms with Crippen LogP contribution in [0.2, 0.25) is 0 Å². The van der Waals surface area contributed by atoms with Crippen LogP contribution in [-0.2, 0) is 20.7 Å². The molecule has 0 fully saturated rings. The van der Waals surface area contributed by atoms with E-state index in [0.717, 1.165) is 22.3 Å². The van der Waals surface area contributed by atoms with Gasteiger partial charge in [0, 0.05) is 24.1 Å². The minimum absolute atomic E-state index is 0.000885. The first-order valence-electron chi connectivity index (χ1n) is 10.4. The number of nitro groups is 1. The number of rotatable bonds is 8. The zero-order valence-corrected chi connectivity index (χ0v) is 17.6. The number of fused-ring (bicyclic) bond motifs is 3. The predicted octanol–water partition coefficient (Wildman–Crippen LogP) is 3.52. The SMILES string of the molecule is N[C@@H](Cc1ccc([N+](=O)[O-])cc1)[C@@H](C(=O)O)C(=O)OCC1c2ccccc2-c2ccccc21. The van der Waals surface area contributed by atoms with E-state index in [2.05, 4.69) is 0 Å². The highest BCUT2D eigenvalue weighted by Crippen LogP contribution is 2.44. The van der Waals surface area contributed by atoms with Crippen LogP contribution in [0.4, 0.5) is 5.69 Å². The standard InChI is InChI=1S/C25H22N2O6/c26-22(13-15-9-11-16(12-10-15)27(31)32)23(24(28)29)25(30)33-14-21-19-7-3-1-5-17(19)18-6-2-4-8-20(18)21/h1-12,21-23H,13-14,26H2,(H,28,29)/t22-,23-/m0/s1. The number of ether oxygens (including phenoxy) is 1. The van der Waals surface area contributed by atoms with Crippen LogP contribution in [0.15, 0.2) is 72.8 Å². The van der Waals surface area contributed by atoms with Crippen LogP contribution in [0.25, 0.3) is 11.1 Å². The number of carbonyl (C=O) groups excluding carboxylic acids is 1. The van der Waals surface area contributed by atoms with Gasteiger partial charge in [0.2, 0.25) is 0 Å². The van der Waals surface area contributed by atoms with Crippen molar-refractivity contribution in [3.8, 4) is 11.1 Å². The lowest BCUT2D eigenvalue weighted by atomic mass is 9.94. The minimum atomic E-state index is -1.56. The molecule has 33 heavy (non-hydrogen) atoms. The van der Waals surface area contributed by atoms with E-state index in [1.165, 1.54) is 24.3 Å². The van der Waals surface area contributed by atoms with Crippen LogP contribution in [-0.4, -0.2) is 34.6 Å². The Kier molecular flexibility index (Phi) is 6.19. The third-order valence-corrected chi connectivity index (χ3v) is 5.92. The van der Waals surface area contributed by atoms with E-state index >= 15 is 0 Å². The van der Waals surface area contributed by atoms with Crippen LogP contribution in [0.5, 0.6) is 0 Å². The van der Waals surface area contributed by atoms with Gasteiger partial charge < -0.3 is 15.6 Å². The number of hydrogen-bond donors (Lipinski definition) is 2. The number of carbonyl (C=O) groups is 2. The molecule has 4 rings (SSSR count). The van der Waals surface area contributed by atoms with Gasteiger partial charge in [-0.05, 0) is 34.2 Å². The molecule has 3 N–H and O–H groups in total. The quantitative estimate of drug-likeness (QED) is 0.234. The zero-order valence-electron chi connectivity index (χ0n) is 17.6. The largest absolute Gasteiger partial charge is 0.481 e. The van der Waals surface area contributed by atoms with Gasteiger partial charge in [-0.2, -0.15) is 0 Å². The molecule has 8 nitrogen and oxygen atoms in total. The van der Waals surface area contributed by atoms with Crippen molar-refractivity contribution in [1.82, 2.24) is 0 Å². The minimum Gasteiger partial charge on any atom is -0.481 e. The van der Waals surface area contributed by atoms with Crippen molar-refractivity contribution in [3.05, 3.63) is 99.6 Å². The summed E-state index contributed by atoms with van der Waals surface area (Å²) in [5, 5.41) is 20.4. The van der Waals surface area contributed by atoms with Crippen molar-refractivity contribution in [3.63, 3.8) is 0 Å². The molecule has 0 heterocycles. The van der Waals surface area contributed by atoms with Crippen molar-refractivity contribution in [2.45, 2.75) is 18.4 Å². The third kappa shape index (κ3) is 4.47. The van der Waals surface area contributed by atoms with Gasteiger partial charge in [0.05, 0.1) is 4.92 Å². The van der Waals surface area contributed by atoms with Crippen molar-refractivity contribution < 1.29 is 24.4 Å². The molecule has 1 aliphatic rings. The fourth-order valence-electron chi connectivity index (χ4n) is 4.30. The molecule has 168 valence electrons. The van der Waals surface area contributed by atoms with Gasteiger partial charge in [-0.25, -0.2) is 0 Å². The molecule has 0 bridgehead atoms. The number of hydrogen-bond acceptors (Lipinski definition) is 6. The Hall–Kier alpha value is -4.04. The Labute approximate surface area is 189 Å². The van der Waals surface area contributed by atoms with Crippen molar-refractivity contribution >= 4 is 17.6 Å². The van der Waals surface area contributed by atoms with E-state index in [-0.39, 0.29) is 24.6 Å². The summed E-state index contributed by atoms with van der Waals surface area (Å²) in [4.78, 5) is 34.9. The number of nitrogens with zero attached hydrogens (tertiary/aromatic N) is 1. The molecular formula is C25H22N2O6. The second-order valence-corrected chi connectivity index (χ2v) is 7.96. The average Bonchev–Trinajstić information content (AvgIpc) is 3.11. The Morgan fingerprint density at radius 1 is 0.970 bits per heavy atom. The summed E-state index contributed by atoms with van der Waals surface area (Å²) in [6.07, 6.45) is 0.0547. The lowest BCUT2D eigenvalue weighted by Gasteiger charge is -2.21. The van der Waals surface area contributed by atoms with Gasteiger partial charge in [0.1, 0.15) is 6.61 Å². The number of carboxylic acids is 1. The van der Waals surface area contributed by atoms with E-state index in [9.17, 15) is 24.8 Å². The summed E-state index contributed by atoms with van der Waals surface area (Å²) in [5.41, 5.74) is 10.8. The Balaban J connectivity index is 1.47. The Morgan fingerprint density at radius 2 is 1.52 bits per heavy atom. The number of esters is 1. The number of aliphatic carboxylic acids is 1. The molecule has 0 amide bonds. The number of carboxylic acid groups (broad SMARTS) is 1. The molecule has 0 unspecified atom stereocenters. The molecule has 1 aliphatic carbocycles. The van der Waals surface area contributed by atoms with Crippen LogP contribution >= 0.6 is 0 Å². The molecule has 0 spiro atoms. The molecule has 0 aromatic heterocycles. The number of nitro benzene ring substituents is 1. The Morgan fingerprint density at radius 3 is 2.03 bits per heavy atom. The topological polar surface area (TPSA) is 133 Å². The summed E-state index contributed by atoms with van der Waals surface area (Å²) < 4.78 is 5.48. The smallest absolute Gasteiger partial charge is 0.321 e. The number of nitrogens with two attached hydrogens (primary N) is 1. The summed E-state index contributed by atoms with van der Waals surface area (Å²) in [7, 11) is 0. The normalized spacial score (nSPS) is 14.1. The highest BCUT2D eigenvalue weighted by molar-refractivity contribution is 5.95. The van der Waals surface area contributed by atoms with E-state index in [4.69, 9.17) is 10.5 Å². The van der Waals surface area contributed by atoms with Crippen LogP contribution in [0.1, 0.15) is 22.6 Å². The Bertz CT molecular complexity index is 1160. The van der Waals surface area contributed by atoms with Crippen LogP contribution in [0.3, 0.4) is 0 Å². The molecule has 0 radical (unpaired) electrons. The maximum atomic E-state index is 12.8. The second-order valence-electron chi connectivity index (χ2n) is 7.96. The second kappa shape index (κ2) is 9.22. The van der Waals surface area contributed by atoms with Gasteiger partial charge in [-0.3, -0.25) is 19.7 Å². The van der Waals surface area contributed by atoms with E-state index in [0.29, 0.717) is 5.56 Å². The molecular weight excluding hydrogens is 424 g/mol. The van der Waals surface area contributed by atoms with Crippen LogP contribution in [0, 0.1) is 16.0 Å². The zero-order chi connectivity index (χ0) is 23.5. The van der Waals surface area contributed by atoms with Gasteiger partial charge in [-0.1, -0.05) is 60.7 Å². The highest BCUT2D eigenvalue weighted by Gasteiger charge is 2.36. The van der Waals surface area contributed by atoms with Crippen molar-refractivity contribution in [1.29, 1.82) is 0 Å². The van der Waals surface area contributed by atoms with Crippen molar-refractivity contribution in [2.75, 3.05) is 6.61 Å². The fraction of sp³-hybridized carbons (Fsp3) is 0.200. The molecule has 8 heteroatoms. The van der Waals surface area contributed by atoms with Gasteiger partial charge >= 0.3 is 11.9 Å². The van der Waals surface area contributed by atoms with Gasteiger partial charge in [0.25, 0.3) is 5.69 Å². The molecule has 0 aliphatic heterocycles. The van der Waals surface area contributed by atoms with Crippen molar-refractivity contribution in [2.24, 2.45) is 11.7 Å². The van der Waals surface area contributed by atoms with Crippen LogP contribution < -0.4 is 5.73 Å². The molecule has 3 aromatic carbocycles. The molecule has 0 saturated heterocycles. The van der Waals surface area contributed by atoms with Gasteiger partial charge in [0.15, 0.2) is 5.92 Å². The number of benzene rings is 3. The molecule has 3 aromatic rings. The van der Waals surface area contributed by atoms with E-state index in [1.807, 2.05) is 48.5 Å².